The number of methoxy groups -OCH3 is 1. The van der Waals surface area contributed by atoms with E-state index in [1.807, 2.05) is 30.3 Å². The average Bonchev–Trinajstić information content (AvgIpc) is 3.05. The Kier molecular flexibility index (Phi) is 5.24. The molecule has 2 aromatic rings. The minimum Gasteiger partial charge on any atom is -0.497 e. The third-order valence-corrected chi connectivity index (χ3v) is 6.22. The van der Waals surface area contributed by atoms with Gasteiger partial charge in [-0.1, -0.05) is 6.08 Å². The summed E-state index contributed by atoms with van der Waals surface area (Å²) in [4.78, 5) is 29.6. The summed E-state index contributed by atoms with van der Waals surface area (Å²) >= 11 is 0. The fourth-order valence-electron chi connectivity index (χ4n) is 4.59. The molecular weight excluding hydrogens is 368 g/mol. The number of amides is 3. The van der Waals surface area contributed by atoms with Gasteiger partial charge in [-0.3, -0.25) is 15.1 Å². The average molecular weight is 394 g/mol. The van der Waals surface area contributed by atoms with Crippen LogP contribution in [0.15, 0.2) is 43.1 Å². The Morgan fingerprint density at radius 2 is 2.21 bits per heavy atom. The first kappa shape index (κ1) is 19.4. The standard InChI is InChI=1S/C22H26N4O3/c1-3-14-13-23-10-7-15(14)6-9-22(20(27)25-21(28)26-22)18-8-11-24-19-5-4-16(29-2)12-17(18)19/h3-5,8,11-12,14-15,23H,1,6-7,9-10,13H2,2H3,(H2,25,26,27,28). The van der Waals surface area contributed by atoms with Gasteiger partial charge in [0.15, 0.2) is 0 Å². The van der Waals surface area contributed by atoms with Crippen molar-refractivity contribution in [2.45, 2.75) is 24.8 Å². The molecule has 3 atom stereocenters. The molecule has 0 radical (unpaired) electrons. The van der Waals surface area contributed by atoms with Gasteiger partial charge in [-0.2, -0.15) is 0 Å². The van der Waals surface area contributed by atoms with Crippen LogP contribution in [0.1, 0.15) is 24.8 Å². The van der Waals surface area contributed by atoms with E-state index < -0.39 is 11.6 Å². The number of fused-ring (bicyclic) bond motifs is 1. The molecule has 3 N–H and O–H groups in total. The van der Waals surface area contributed by atoms with E-state index >= 15 is 0 Å². The molecule has 7 nitrogen and oxygen atoms in total. The van der Waals surface area contributed by atoms with Gasteiger partial charge in [0.2, 0.25) is 0 Å². The number of hydrogen-bond acceptors (Lipinski definition) is 5. The molecule has 7 heteroatoms. The lowest BCUT2D eigenvalue weighted by Crippen LogP contribution is -2.45. The van der Waals surface area contributed by atoms with Crippen molar-refractivity contribution < 1.29 is 14.3 Å². The van der Waals surface area contributed by atoms with Crippen molar-refractivity contribution in [2.24, 2.45) is 11.8 Å². The fourth-order valence-corrected chi connectivity index (χ4v) is 4.59. The maximum atomic E-state index is 13.1. The van der Waals surface area contributed by atoms with Crippen LogP contribution in [-0.2, 0) is 10.3 Å². The normalized spacial score (nSPS) is 26.8. The second kappa shape index (κ2) is 7.83. The van der Waals surface area contributed by atoms with E-state index in [1.165, 1.54) is 0 Å². The molecule has 1 aromatic heterocycles. The van der Waals surface area contributed by atoms with Gasteiger partial charge in [-0.25, -0.2) is 4.79 Å². The summed E-state index contributed by atoms with van der Waals surface area (Å²) in [6.45, 7) is 5.82. The van der Waals surface area contributed by atoms with Gasteiger partial charge >= 0.3 is 6.03 Å². The lowest BCUT2D eigenvalue weighted by atomic mass is 9.77. The Labute approximate surface area is 169 Å². The smallest absolute Gasteiger partial charge is 0.322 e. The van der Waals surface area contributed by atoms with Crippen LogP contribution < -0.4 is 20.7 Å². The highest BCUT2D eigenvalue weighted by Gasteiger charge is 2.48. The fraction of sp³-hybridized carbons (Fsp3) is 0.409. The molecule has 3 amide bonds. The van der Waals surface area contributed by atoms with E-state index in [0.29, 0.717) is 24.0 Å². The van der Waals surface area contributed by atoms with Gasteiger partial charge in [0.1, 0.15) is 11.3 Å². The summed E-state index contributed by atoms with van der Waals surface area (Å²) in [5, 5.41) is 9.56. The van der Waals surface area contributed by atoms with Crippen LogP contribution in [0, 0.1) is 11.8 Å². The molecule has 0 aliphatic carbocycles. The minimum atomic E-state index is -1.12. The number of carbonyl (C=O) groups is 2. The van der Waals surface area contributed by atoms with E-state index in [1.54, 1.807) is 13.3 Å². The van der Waals surface area contributed by atoms with Gasteiger partial charge < -0.3 is 15.4 Å². The van der Waals surface area contributed by atoms with E-state index in [9.17, 15) is 9.59 Å². The summed E-state index contributed by atoms with van der Waals surface area (Å²) < 4.78 is 5.37. The molecule has 2 aliphatic rings. The van der Waals surface area contributed by atoms with Gasteiger partial charge in [-0.15, -0.1) is 6.58 Å². The molecule has 0 saturated carbocycles. The predicted octanol–water partition coefficient (Wildman–Crippen LogP) is 2.47. The maximum absolute atomic E-state index is 13.1. The summed E-state index contributed by atoms with van der Waals surface area (Å²) in [6, 6.07) is 6.92. The van der Waals surface area contributed by atoms with Crippen molar-refractivity contribution in [3.63, 3.8) is 0 Å². The number of pyridine rings is 1. The largest absolute Gasteiger partial charge is 0.497 e. The van der Waals surface area contributed by atoms with Crippen LogP contribution in [0.3, 0.4) is 0 Å². The highest BCUT2D eigenvalue weighted by Crippen LogP contribution is 2.38. The molecule has 1 aromatic carbocycles. The third kappa shape index (κ3) is 3.46. The highest BCUT2D eigenvalue weighted by molar-refractivity contribution is 6.09. The number of nitrogens with zero attached hydrogens (tertiary/aromatic N) is 1. The van der Waals surface area contributed by atoms with E-state index in [4.69, 9.17) is 4.74 Å². The highest BCUT2D eigenvalue weighted by atomic mass is 16.5. The Morgan fingerprint density at radius 3 is 2.93 bits per heavy atom. The van der Waals surface area contributed by atoms with Crippen molar-refractivity contribution in [3.05, 3.63) is 48.7 Å². The number of urea groups is 1. The van der Waals surface area contributed by atoms with Gasteiger partial charge in [0.05, 0.1) is 12.6 Å². The topological polar surface area (TPSA) is 92.3 Å². The monoisotopic (exact) mass is 394 g/mol. The molecule has 2 aliphatic heterocycles. The molecule has 3 unspecified atom stereocenters. The number of imide groups is 1. The Balaban J connectivity index is 1.75. The maximum Gasteiger partial charge on any atom is 0.322 e. The second-order valence-corrected chi connectivity index (χ2v) is 7.75. The Morgan fingerprint density at radius 1 is 1.34 bits per heavy atom. The number of ether oxygens (including phenoxy) is 1. The van der Waals surface area contributed by atoms with E-state index in [-0.39, 0.29) is 5.91 Å². The first-order valence-electron chi connectivity index (χ1n) is 9.97. The summed E-state index contributed by atoms with van der Waals surface area (Å²) in [6.07, 6.45) is 6.01. The van der Waals surface area contributed by atoms with Crippen LogP contribution >= 0.6 is 0 Å². The Bertz CT molecular complexity index is 960. The molecule has 3 heterocycles. The molecule has 0 spiro atoms. The Hall–Kier alpha value is -2.93. The number of piperidine rings is 1. The number of aromatic nitrogens is 1. The van der Waals surface area contributed by atoms with Crippen molar-refractivity contribution in [3.8, 4) is 5.75 Å². The second-order valence-electron chi connectivity index (χ2n) is 7.75. The zero-order valence-electron chi connectivity index (χ0n) is 16.5. The van der Waals surface area contributed by atoms with Crippen LogP contribution in [0.25, 0.3) is 10.9 Å². The van der Waals surface area contributed by atoms with Crippen molar-refractivity contribution in [2.75, 3.05) is 20.2 Å². The minimum absolute atomic E-state index is 0.318. The predicted molar refractivity (Wildman–Crippen MR) is 111 cm³/mol. The number of rotatable bonds is 6. The zero-order valence-corrected chi connectivity index (χ0v) is 16.5. The summed E-state index contributed by atoms with van der Waals surface area (Å²) in [5.74, 6) is 1.13. The van der Waals surface area contributed by atoms with Crippen molar-refractivity contribution in [1.29, 1.82) is 0 Å². The number of benzene rings is 1. The van der Waals surface area contributed by atoms with Crippen LogP contribution in [-0.4, -0.2) is 37.1 Å². The van der Waals surface area contributed by atoms with Crippen molar-refractivity contribution >= 4 is 22.8 Å². The molecule has 0 bridgehead atoms. The van der Waals surface area contributed by atoms with Crippen LogP contribution in [0.5, 0.6) is 5.75 Å². The SMILES string of the molecule is C=CC1CNCCC1CCC1(c2ccnc3ccc(OC)cc23)NC(=O)NC1=O. The number of carbonyl (C=O) groups excluding carboxylic acids is 2. The lowest BCUT2D eigenvalue weighted by Gasteiger charge is -2.34. The van der Waals surface area contributed by atoms with Gasteiger partial charge in [0, 0.05) is 18.1 Å². The van der Waals surface area contributed by atoms with Crippen LogP contribution in [0.4, 0.5) is 4.79 Å². The summed E-state index contributed by atoms with van der Waals surface area (Å²) in [5.41, 5.74) is 0.373. The third-order valence-electron chi connectivity index (χ3n) is 6.22. The molecule has 29 heavy (non-hydrogen) atoms. The molecule has 2 saturated heterocycles. The molecular formula is C22H26N4O3. The molecule has 2 fully saturated rings. The number of hydrogen-bond donors (Lipinski definition) is 3. The zero-order chi connectivity index (χ0) is 20.4. The van der Waals surface area contributed by atoms with Crippen LogP contribution in [0.2, 0.25) is 0 Å². The number of nitrogens with one attached hydrogen (secondary N) is 3. The quantitative estimate of drug-likeness (QED) is 0.517. The first-order chi connectivity index (χ1) is 14.1. The molecule has 4 rings (SSSR count). The van der Waals surface area contributed by atoms with Gasteiger partial charge in [-0.05, 0) is 67.5 Å². The van der Waals surface area contributed by atoms with Crippen molar-refractivity contribution in [1.82, 2.24) is 20.9 Å². The molecule has 152 valence electrons. The first-order valence-corrected chi connectivity index (χ1v) is 9.97. The lowest BCUT2D eigenvalue weighted by molar-refractivity contribution is -0.124. The van der Waals surface area contributed by atoms with E-state index in [0.717, 1.165) is 42.4 Å². The van der Waals surface area contributed by atoms with E-state index in [2.05, 4.69) is 27.5 Å². The van der Waals surface area contributed by atoms with Gasteiger partial charge in [0.25, 0.3) is 5.91 Å². The summed E-state index contributed by atoms with van der Waals surface area (Å²) in [7, 11) is 1.60.